The molecule has 1 saturated heterocycles. The van der Waals surface area contributed by atoms with Gasteiger partial charge in [0.25, 0.3) is 5.92 Å². The van der Waals surface area contributed by atoms with E-state index < -0.39 is 30.1 Å². The molecule has 0 radical (unpaired) electrons. The maximum absolute atomic E-state index is 14.2. The van der Waals surface area contributed by atoms with Gasteiger partial charge in [0, 0.05) is 43.3 Å². The van der Waals surface area contributed by atoms with Gasteiger partial charge in [-0.3, -0.25) is 14.5 Å². The number of nitrogens with zero attached hydrogens (tertiary/aromatic N) is 3. The van der Waals surface area contributed by atoms with Crippen LogP contribution in [0.4, 0.5) is 27.6 Å². The molecular weight excluding hydrogens is 621 g/mol. The second-order valence-electron chi connectivity index (χ2n) is 13.4. The lowest BCUT2D eigenvalue weighted by molar-refractivity contribution is -0.139. The molecule has 1 aromatic heterocycles. The van der Waals surface area contributed by atoms with Gasteiger partial charge in [0.15, 0.2) is 6.29 Å². The fourth-order valence-corrected chi connectivity index (χ4v) is 7.23. The normalized spacial score (nSPS) is 25.3. The van der Waals surface area contributed by atoms with Crippen molar-refractivity contribution in [1.29, 1.82) is 0 Å². The zero-order chi connectivity index (χ0) is 33.8. The molecule has 7 nitrogen and oxygen atoms in total. The predicted octanol–water partition coefficient (Wildman–Crippen LogP) is 8.44. The Labute approximate surface area is 272 Å². The number of carbonyl (C=O) groups excluding carboxylic acids is 2. The number of rotatable bonds is 10. The summed E-state index contributed by atoms with van der Waals surface area (Å²) in [4.78, 5) is 33.6. The van der Waals surface area contributed by atoms with E-state index in [-0.39, 0.29) is 60.2 Å². The quantitative estimate of drug-likeness (QED) is 0.187. The molecule has 47 heavy (non-hydrogen) atoms. The minimum Gasteiger partial charge on any atom is -0.438 e. The highest BCUT2D eigenvalue weighted by Crippen LogP contribution is 2.40. The van der Waals surface area contributed by atoms with Crippen molar-refractivity contribution in [2.45, 2.75) is 109 Å². The van der Waals surface area contributed by atoms with Crippen molar-refractivity contribution in [3.63, 3.8) is 0 Å². The van der Waals surface area contributed by atoms with E-state index in [4.69, 9.17) is 9.47 Å². The van der Waals surface area contributed by atoms with Crippen molar-refractivity contribution in [2.24, 2.45) is 11.8 Å². The number of alkyl halides is 5. The lowest BCUT2D eigenvalue weighted by Crippen LogP contribution is -2.47. The van der Waals surface area contributed by atoms with Gasteiger partial charge in [-0.15, -0.1) is 0 Å². The summed E-state index contributed by atoms with van der Waals surface area (Å²) in [5.41, 5.74) is -0.474. The molecule has 2 aliphatic carbocycles. The van der Waals surface area contributed by atoms with Gasteiger partial charge >= 0.3 is 6.18 Å². The number of piperidine rings is 1. The zero-order valence-corrected chi connectivity index (χ0v) is 27.0. The number of hydrogen-bond donors (Lipinski definition) is 0. The first-order valence-electron chi connectivity index (χ1n) is 16.7. The number of pyridine rings is 1. The number of aldehydes is 1. The maximum Gasteiger partial charge on any atom is 0.421 e. The Morgan fingerprint density at radius 3 is 2.45 bits per heavy atom. The van der Waals surface area contributed by atoms with Crippen LogP contribution < -0.4 is 9.64 Å². The van der Waals surface area contributed by atoms with Gasteiger partial charge < -0.3 is 14.4 Å². The number of carbonyl (C=O) groups is 2. The molecular formula is C35H44F5N3O4. The van der Waals surface area contributed by atoms with E-state index in [1.165, 1.54) is 23.2 Å². The first-order valence-corrected chi connectivity index (χ1v) is 16.7. The fourth-order valence-electron chi connectivity index (χ4n) is 7.23. The number of benzene rings is 1. The molecule has 0 bridgehead atoms. The molecule has 2 saturated carbocycles. The molecule has 1 aromatic carbocycles. The minimum atomic E-state index is -4.83. The van der Waals surface area contributed by atoms with Crippen LogP contribution in [-0.2, 0) is 22.3 Å². The lowest BCUT2D eigenvalue weighted by atomic mass is 9.81. The number of halogens is 5. The Hall–Kier alpha value is -3.12. The van der Waals surface area contributed by atoms with E-state index >= 15 is 0 Å². The van der Waals surface area contributed by atoms with E-state index in [1.807, 2.05) is 6.92 Å². The van der Waals surface area contributed by atoms with Crippen LogP contribution in [0.1, 0.15) is 99.5 Å². The molecule has 1 amide bonds. The van der Waals surface area contributed by atoms with Crippen LogP contribution in [0.5, 0.6) is 11.6 Å². The maximum atomic E-state index is 14.2. The molecule has 2 aromatic rings. The van der Waals surface area contributed by atoms with Crippen LogP contribution in [0.15, 0.2) is 30.5 Å². The van der Waals surface area contributed by atoms with Crippen molar-refractivity contribution in [2.75, 3.05) is 24.6 Å². The highest BCUT2D eigenvalue weighted by molar-refractivity contribution is 6.00. The van der Waals surface area contributed by atoms with Crippen LogP contribution in [-0.4, -0.2) is 59.8 Å². The molecule has 258 valence electrons. The molecule has 0 unspecified atom stereocenters. The van der Waals surface area contributed by atoms with E-state index in [9.17, 15) is 31.5 Å². The second kappa shape index (κ2) is 15.0. The average Bonchev–Trinajstić information content (AvgIpc) is 3.02. The minimum absolute atomic E-state index is 0.0309. The van der Waals surface area contributed by atoms with Crippen LogP contribution >= 0.6 is 0 Å². The average molecular weight is 666 g/mol. The number of hydrogen-bond acceptors (Lipinski definition) is 6. The first kappa shape index (κ1) is 35.2. The van der Waals surface area contributed by atoms with Gasteiger partial charge in [0.2, 0.25) is 11.8 Å². The number of aromatic nitrogens is 1. The monoisotopic (exact) mass is 665 g/mol. The van der Waals surface area contributed by atoms with Gasteiger partial charge in [-0.25, -0.2) is 13.8 Å². The van der Waals surface area contributed by atoms with Gasteiger partial charge in [-0.1, -0.05) is 6.92 Å². The van der Waals surface area contributed by atoms with Crippen molar-refractivity contribution in [3.05, 3.63) is 47.2 Å². The third-order valence-electron chi connectivity index (χ3n) is 9.70. The predicted molar refractivity (Wildman–Crippen MR) is 167 cm³/mol. The topological polar surface area (TPSA) is 72.0 Å². The lowest BCUT2D eigenvalue weighted by Gasteiger charge is -2.40. The molecule has 1 aliphatic heterocycles. The molecule has 2 heterocycles. The van der Waals surface area contributed by atoms with Crippen LogP contribution in [0.2, 0.25) is 0 Å². The zero-order valence-electron chi connectivity index (χ0n) is 27.0. The summed E-state index contributed by atoms with van der Waals surface area (Å²) in [6.45, 7) is 4.46. The Morgan fingerprint density at radius 1 is 1.09 bits per heavy atom. The first-order chi connectivity index (χ1) is 22.4. The Bertz CT molecular complexity index is 1390. The molecule has 3 aliphatic rings. The fraction of sp³-hybridized carbons (Fsp3) is 0.629. The standard InChI is InChI=1S/C35H44F5N3O4/c1-3-46-28-11-9-27(10-12-28)43(33(45)25-7-5-23(2)6-8-25)31-14-13-29(18-26(31)21-44)47-32-30(35(38,39)40)17-24(19-41-32)20-42-16-4-15-34(36,37)22-42/h13-14,17-19,21,23,25,27-28H,3-12,15-16,20,22H2,1-2H3. The van der Waals surface area contributed by atoms with Gasteiger partial charge in [0.05, 0.1) is 18.3 Å². The van der Waals surface area contributed by atoms with Crippen LogP contribution in [0.3, 0.4) is 0 Å². The summed E-state index contributed by atoms with van der Waals surface area (Å²) < 4.78 is 81.6. The molecule has 0 spiro atoms. The third-order valence-corrected chi connectivity index (χ3v) is 9.70. The summed E-state index contributed by atoms with van der Waals surface area (Å²) >= 11 is 0. The van der Waals surface area contributed by atoms with E-state index in [2.05, 4.69) is 11.9 Å². The molecule has 0 N–H and O–H groups in total. The Balaban J connectivity index is 1.40. The van der Waals surface area contributed by atoms with Crippen molar-refractivity contribution >= 4 is 17.9 Å². The van der Waals surface area contributed by atoms with Crippen molar-refractivity contribution in [1.82, 2.24) is 9.88 Å². The number of likely N-dealkylation sites (tertiary alicyclic amines) is 1. The van der Waals surface area contributed by atoms with Gasteiger partial charge in [0.1, 0.15) is 11.3 Å². The highest BCUT2D eigenvalue weighted by atomic mass is 19.4. The number of ether oxygens (including phenoxy) is 2. The third kappa shape index (κ3) is 8.87. The summed E-state index contributed by atoms with van der Waals surface area (Å²) in [5, 5.41) is 0. The molecule has 12 heteroatoms. The Morgan fingerprint density at radius 2 is 1.81 bits per heavy atom. The van der Waals surface area contributed by atoms with E-state index in [0.717, 1.165) is 44.6 Å². The van der Waals surface area contributed by atoms with Crippen molar-refractivity contribution in [3.8, 4) is 11.6 Å². The summed E-state index contributed by atoms with van der Waals surface area (Å²) in [7, 11) is 0. The largest absolute Gasteiger partial charge is 0.438 e. The molecule has 3 fully saturated rings. The number of amides is 1. The van der Waals surface area contributed by atoms with E-state index in [0.29, 0.717) is 43.9 Å². The second-order valence-corrected chi connectivity index (χ2v) is 13.4. The summed E-state index contributed by atoms with van der Waals surface area (Å²) in [5.74, 6) is -3.29. The summed E-state index contributed by atoms with van der Waals surface area (Å²) in [6, 6.07) is 5.07. The molecule has 5 rings (SSSR count). The SMILES string of the molecule is CCOC1CCC(N(C(=O)C2CCC(C)CC2)c2ccc(Oc3ncc(CN4CCCC(F)(F)C4)cc3C(F)(F)F)cc2C=O)CC1. The van der Waals surface area contributed by atoms with Gasteiger partial charge in [-0.05, 0) is 107 Å². The van der Waals surface area contributed by atoms with Crippen molar-refractivity contribution < 1.29 is 41.0 Å². The Kier molecular flexibility index (Phi) is 11.2. The van der Waals surface area contributed by atoms with E-state index in [1.54, 1.807) is 11.0 Å². The summed E-state index contributed by atoms with van der Waals surface area (Å²) in [6.07, 6.45) is 3.48. The highest BCUT2D eigenvalue weighted by Gasteiger charge is 2.39. The molecule has 0 atom stereocenters. The smallest absolute Gasteiger partial charge is 0.421 e. The van der Waals surface area contributed by atoms with Crippen LogP contribution in [0.25, 0.3) is 0 Å². The van der Waals surface area contributed by atoms with Gasteiger partial charge in [-0.2, -0.15) is 13.2 Å². The van der Waals surface area contributed by atoms with Crippen LogP contribution in [0, 0.1) is 11.8 Å². The number of anilines is 1.